The number of carbonyl (C=O) groups is 1. The van der Waals surface area contributed by atoms with Crippen LogP contribution < -0.4 is 0 Å². The lowest BCUT2D eigenvalue weighted by molar-refractivity contribution is -0.139. The number of carboxylic acid groups (broad SMARTS) is 1. The number of aliphatic carboxylic acids is 1. The van der Waals surface area contributed by atoms with Gasteiger partial charge < -0.3 is 14.6 Å². The number of imidazole rings is 1. The normalized spacial score (nSPS) is 23.0. The predicted molar refractivity (Wildman–Crippen MR) is 85.8 cm³/mol. The van der Waals surface area contributed by atoms with Gasteiger partial charge in [-0.3, -0.25) is 4.79 Å². The van der Waals surface area contributed by atoms with Crippen molar-refractivity contribution in [1.29, 1.82) is 0 Å². The lowest BCUT2D eigenvalue weighted by Crippen LogP contribution is -2.40. The van der Waals surface area contributed by atoms with E-state index in [1.807, 2.05) is 25.2 Å². The van der Waals surface area contributed by atoms with Gasteiger partial charge in [-0.05, 0) is 44.0 Å². The number of aryl methyl sites for hydroxylation is 1. The van der Waals surface area contributed by atoms with E-state index in [4.69, 9.17) is 10.1 Å². The van der Waals surface area contributed by atoms with Gasteiger partial charge in [0.25, 0.3) is 0 Å². The molecule has 0 unspecified atom stereocenters. The number of likely N-dealkylation sites (tertiary alicyclic amines) is 1. The van der Waals surface area contributed by atoms with E-state index in [0.29, 0.717) is 5.92 Å². The topological polar surface area (TPSA) is 58.4 Å². The van der Waals surface area contributed by atoms with Crippen molar-refractivity contribution < 1.29 is 9.90 Å². The zero-order chi connectivity index (χ0) is 15.7. The van der Waals surface area contributed by atoms with Crippen molar-refractivity contribution in [3.63, 3.8) is 0 Å². The van der Waals surface area contributed by atoms with E-state index >= 15 is 0 Å². The minimum atomic E-state index is -0.690. The molecule has 118 valence electrons. The lowest BCUT2D eigenvalue weighted by Gasteiger charge is -2.36. The van der Waals surface area contributed by atoms with Crippen LogP contribution in [-0.2, 0) is 18.3 Å². The largest absolute Gasteiger partial charge is 0.481 e. The minimum Gasteiger partial charge on any atom is -0.481 e. The number of piperidine rings is 1. The van der Waals surface area contributed by atoms with Crippen LogP contribution in [0.25, 0.3) is 11.0 Å². The number of nitrogens with zero attached hydrogens (tertiary/aromatic N) is 3. The first-order valence-electron chi connectivity index (χ1n) is 7.85. The Labute approximate surface area is 130 Å². The van der Waals surface area contributed by atoms with Crippen LogP contribution >= 0.6 is 0 Å². The van der Waals surface area contributed by atoms with Crippen LogP contribution in [0.3, 0.4) is 0 Å². The highest BCUT2D eigenvalue weighted by atomic mass is 16.4. The fourth-order valence-electron chi connectivity index (χ4n) is 3.60. The molecule has 22 heavy (non-hydrogen) atoms. The molecular weight excluding hydrogens is 278 g/mol. The van der Waals surface area contributed by atoms with Gasteiger partial charge >= 0.3 is 5.97 Å². The van der Waals surface area contributed by atoms with Crippen LogP contribution in [0, 0.1) is 11.8 Å². The molecule has 0 saturated carbocycles. The number of para-hydroxylation sites is 2. The Morgan fingerprint density at radius 3 is 2.82 bits per heavy atom. The number of benzene rings is 1. The maximum absolute atomic E-state index is 11.1. The summed E-state index contributed by atoms with van der Waals surface area (Å²) in [6.07, 6.45) is 2.06. The van der Waals surface area contributed by atoms with Crippen LogP contribution in [0.4, 0.5) is 0 Å². The molecule has 3 rings (SSSR count). The second-order valence-corrected chi connectivity index (χ2v) is 6.45. The first kappa shape index (κ1) is 15.0. The van der Waals surface area contributed by atoms with Gasteiger partial charge in [0.05, 0.1) is 11.0 Å². The van der Waals surface area contributed by atoms with Crippen molar-refractivity contribution in [3.8, 4) is 0 Å². The molecule has 0 bridgehead atoms. The predicted octanol–water partition coefficient (Wildman–Crippen LogP) is 2.16. The molecule has 2 heterocycles. The summed E-state index contributed by atoms with van der Waals surface area (Å²) in [5.41, 5.74) is 2.15. The molecule has 5 nitrogen and oxygen atoms in total. The summed E-state index contributed by atoms with van der Waals surface area (Å²) < 4.78 is 2.14. The minimum absolute atomic E-state index is 0.244. The number of hydrogen-bond donors (Lipinski definition) is 1. The van der Waals surface area contributed by atoms with Crippen molar-refractivity contribution in [2.75, 3.05) is 20.1 Å². The van der Waals surface area contributed by atoms with Crippen LogP contribution in [0.1, 0.15) is 18.7 Å². The summed E-state index contributed by atoms with van der Waals surface area (Å²) in [6.45, 7) is 1.93. The molecular formula is C17H23N3O2. The van der Waals surface area contributed by atoms with Crippen molar-refractivity contribution in [3.05, 3.63) is 30.1 Å². The fourth-order valence-corrected chi connectivity index (χ4v) is 3.60. The Bertz CT molecular complexity index is 680. The number of rotatable bonds is 4. The second-order valence-electron chi connectivity index (χ2n) is 6.45. The molecule has 5 heteroatoms. The smallest absolute Gasteiger partial charge is 0.303 e. The first-order chi connectivity index (χ1) is 10.5. The molecule has 2 aromatic rings. The van der Waals surface area contributed by atoms with Crippen molar-refractivity contribution in [2.45, 2.75) is 19.3 Å². The Morgan fingerprint density at radius 2 is 2.09 bits per heavy atom. The summed E-state index contributed by atoms with van der Waals surface area (Å²) in [5, 5.41) is 9.15. The zero-order valence-corrected chi connectivity index (χ0v) is 13.2. The van der Waals surface area contributed by atoms with Crippen LogP contribution in [0.15, 0.2) is 24.3 Å². The summed E-state index contributed by atoms with van der Waals surface area (Å²) in [4.78, 5) is 18.2. The average molecular weight is 301 g/mol. The van der Waals surface area contributed by atoms with E-state index < -0.39 is 5.97 Å². The van der Waals surface area contributed by atoms with Gasteiger partial charge in [0.1, 0.15) is 5.82 Å². The zero-order valence-electron chi connectivity index (χ0n) is 13.2. The van der Waals surface area contributed by atoms with Gasteiger partial charge in [-0.1, -0.05) is 12.1 Å². The molecule has 2 atom stereocenters. The molecule has 1 saturated heterocycles. The van der Waals surface area contributed by atoms with E-state index in [2.05, 4.69) is 22.6 Å². The molecule has 1 aliphatic rings. The first-order valence-corrected chi connectivity index (χ1v) is 7.85. The third-order valence-corrected chi connectivity index (χ3v) is 4.86. The highest BCUT2D eigenvalue weighted by Gasteiger charge is 2.30. The maximum atomic E-state index is 11.1. The average Bonchev–Trinajstić information content (AvgIpc) is 2.79. The number of aromatic nitrogens is 2. The Kier molecular flexibility index (Phi) is 4.16. The number of carboxylic acids is 1. The van der Waals surface area contributed by atoms with Gasteiger partial charge in [0.15, 0.2) is 0 Å². The number of fused-ring (bicyclic) bond motifs is 1. The summed E-state index contributed by atoms with van der Waals surface area (Å²) in [7, 11) is 4.16. The standard InChI is InChI=1S/C17H23N3O2/c1-19-8-7-12(10-17(21)22)13(11-19)9-16-18-14-5-3-4-6-15(14)20(16)2/h3-6,12-13H,7-11H2,1-2H3,(H,21,22)/t12-,13-/m0/s1. The van der Waals surface area contributed by atoms with Crippen LogP contribution in [-0.4, -0.2) is 45.7 Å². The van der Waals surface area contributed by atoms with Crippen LogP contribution in [0.5, 0.6) is 0 Å². The monoisotopic (exact) mass is 301 g/mol. The third-order valence-electron chi connectivity index (χ3n) is 4.86. The van der Waals surface area contributed by atoms with Gasteiger partial charge in [-0.15, -0.1) is 0 Å². The molecule has 1 aliphatic heterocycles. The van der Waals surface area contributed by atoms with Gasteiger partial charge in [-0.25, -0.2) is 4.98 Å². The van der Waals surface area contributed by atoms with Crippen molar-refractivity contribution in [1.82, 2.24) is 14.5 Å². The Hall–Kier alpha value is -1.88. The Morgan fingerprint density at radius 1 is 1.32 bits per heavy atom. The molecule has 1 aromatic carbocycles. The van der Waals surface area contributed by atoms with Gasteiger partial charge in [0, 0.05) is 26.4 Å². The molecule has 1 fully saturated rings. The third kappa shape index (κ3) is 2.99. The molecule has 0 radical (unpaired) electrons. The molecule has 1 aromatic heterocycles. The highest BCUT2D eigenvalue weighted by molar-refractivity contribution is 5.75. The lowest BCUT2D eigenvalue weighted by atomic mass is 9.81. The summed E-state index contributed by atoms with van der Waals surface area (Å²) in [5.74, 6) is 0.959. The summed E-state index contributed by atoms with van der Waals surface area (Å²) >= 11 is 0. The van der Waals surface area contributed by atoms with Gasteiger partial charge in [0.2, 0.25) is 0 Å². The van der Waals surface area contributed by atoms with E-state index in [1.54, 1.807) is 0 Å². The van der Waals surface area contributed by atoms with E-state index in [1.165, 1.54) is 0 Å². The fraction of sp³-hybridized carbons (Fsp3) is 0.529. The molecule has 0 spiro atoms. The summed E-state index contributed by atoms with van der Waals surface area (Å²) in [6, 6.07) is 8.13. The molecule has 1 N–H and O–H groups in total. The number of hydrogen-bond acceptors (Lipinski definition) is 3. The second kappa shape index (κ2) is 6.08. The van der Waals surface area contributed by atoms with E-state index in [9.17, 15) is 4.79 Å². The quantitative estimate of drug-likeness (QED) is 0.940. The SMILES string of the molecule is CN1CC[C@@H](CC(=O)O)[C@@H](Cc2nc3ccccc3n2C)C1. The van der Waals surface area contributed by atoms with Crippen LogP contribution in [0.2, 0.25) is 0 Å². The highest BCUT2D eigenvalue weighted by Crippen LogP contribution is 2.29. The maximum Gasteiger partial charge on any atom is 0.303 e. The van der Waals surface area contributed by atoms with E-state index in [0.717, 1.165) is 42.8 Å². The molecule has 0 aliphatic carbocycles. The van der Waals surface area contributed by atoms with E-state index in [-0.39, 0.29) is 12.3 Å². The van der Waals surface area contributed by atoms with Gasteiger partial charge in [-0.2, -0.15) is 0 Å². The molecule has 0 amide bonds. The van der Waals surface area contributed by atoms with Crippen molar-refractivity contribution >= 4 is 17.0 Å². The van der Waals surface area contributed by atoms with Crippen molar-refractivity contribution in [2.24, 2.45) is 18.9 Å². The Balaban J connectivity index is 1.84.